The summed E-state index contributed by atoms with van der Waals surface area (Å²) in [5.74, 6) is -1.17. The highest BCUT2D eigenvalue weighted by Crippen LogP contribution is 2.30. The molecule has 0 aliphatic heterocycles. The zero-order chi connectivity index (χ0) is 19.4. The number of hydrogen-bond donors (Lipinski definition) is 2. The van der Waals surface area contributed by atoms with Gasteiger partial charge in [0.15, 0.2) is 0 Å². The van der Waals surface area contributed by atoms with Crippen molar-refractivity contribution in [3.63, 3.8) is 0 Å². The molecule has 0 radical (unpaired) electrons. The molecule has 2 amide bonds. The maximum Gasteiger partial charge on any atom is 0.416 e. The Balaban J connectivity index is 1.56. The number of amides is 2. The van der Waals surface area contributed by atoms with Gasteiger partial charge < -0.3 is 19.5 Å². The number of hydrogen-bond acceptors (Lipinski definition) is 4. The van der Waals surface area contributed by atoms with Crippen LogP contribution in [0.25, 0.3) is 11.3 Å². The molecule has 0 spiro atoms. The molecule has 1 aromatic carbocycles. The molecule has 0 aliphatic rings. The molecule has 0 bridgehead atoms. The van der Waals surface area contributed by atoms with Crippen LogP contribution in [0.5, 0.6) is 0 Å². The Morgan fingerprint density at radius 2 is 1.85 bits per heavy atom. The van der Waals surface area contributed by atoms with Crippen molar-refractivity contribution in [2.75, 3.05) is 5.32 Å². The van der Waals surface area contributed by atoms with Gasteiger partial charge in [-0.1, -0.05) is 6.07 Å². The average Bonchev–Trinajstić information content (AvgIpc) is 3.30. The number of anilines is 1. The molecule has 0 atom stereocenters. The minimum atomic E-state index is -4.55. The Labute approximate surface area is 151 Å². The predicted molar refractivity (Wildman–Crippen MR) is 88.3 cm³/mol. The van der Waals surface area contributed by atoms with Gasteiger partial charge in [0, 0.05) is 5.69 Å². The van der Waals surface area contributed by atoms with Crippen LogP contribution in [-0.4, -0.2) is 11.8 Å². The minimum Gasteiger partial charge on any atom is -0.472 e. The van der Waals surface area contributed by atoms with E-state index < -0.39 is 23.6 Å². The first-order valence-electron chi connectivity index (χ1n) is 7.70. The van der Waals surface area contributed by atoms with Crippen molar-refractivity contribution in [3.05, 3.63) is 66.3 Å². The molecule has 0 fully saturated rings. The molecule has 2 N–H and O–H groups in total. The van der Waals surface area contributed by atoms with Gasteiger partial charge in [-0.2, -0.15) is 13.2 Å². The van der Waals surface area contributed by atoms with Crippen molar-refractivity contribution in [1.82, 2.24) is 5.32 Å². The maximum absolute atomic E-state index is 12.7. The highest BCUT2D eigenvalue weighted by molar-refractivity contribution is 6.39. The van der Waals surface area contributed by atoms with Gasteiger partial charge in [-0.25, -0.2) is 0 Å². The molecule has 2 aromatic heterocycles. The SMILES string of the molecule is O=C(NCc1ccc(-c2ccoc2)o1)C(=O)Nc1cccc(C(F)(F)F)c1. The molecule has 27 heavy (non-hydrogen) atoms. The molecule has 0 aliphatic carbocycles. The Kier molecular flexibility index (Phi) is 5.02. The lowest BCUT2D eigenvalue weighted by molar-refractivity contribution is -0.137. The van der Waals surface area contributed by atoms with E-state index in [1.807, 2.05) is 0 Å². The summed E-state index contributed by atoms with van der Waals surface area (Å²) < 4.78 is 48.4. The third-order valence-electron chi connectivity index (χ3n) is 3.54. The number of furan rings is 2. The molecule has 0 saturated carbocycles. The van der Waals surface area contributed by atoms with Gasteiger partial charge in [0.05, 0.1) is 23.9 Å². The lowest BCUT2D eigenvalue weighted by atomic mass is 10.2. The lowest BCUT2D eigenvalue weighted by Gasteiger charge is -2.09. The predicted octanol–water partition coefficient (Wildman–Crippen LogP) is 3.81. The molecule has 6 nitrogen and oxygen atoms in total. The average molecular weight is 378 g/mol. The van der Waals surface area contributed by atoms with E-state index in [9.17, 15) is 22.8 Å². The van der Waals surface area contributed by atoms with Crippen LogP contribution in [0.15, 0.2) is 63.8 Å². The summed E-state index contributed by atoms with van der Waals surface area (Å²) in [4.78, 5) is 23.7. The summed E-state index contributed by atoms with van der Waals surface area (Å²) in [5, 5.41) is 4.46. The standard InChI is InChI=1S/C18H13F3N2O4/c19-18(20,21)12-2-1-3-13(8-12)23-17(25)16(24)22-9-14-4-5-15(27-14)11-6-7-26-10-11/h1-8,10H,9H2,(H,22,24)(H,23,25). The fraction of sp³-hybridized carbons (Fsp3) is 0.111. The van der Waals surface area contributed by atoms with Gasteiger partial charge in [-0.3, -0.25) is 9.59 Å². The van der Waals surface area contributed by atoms with Gasteiger partial charge in [0.25, 0.3) is 0 Å². The second-order valence-corrected chi connectivity index (χ2v) is 5.49. The zero-order valence-corrected chi connectivity index (χ0v) is 13.7. The second kappa shape index (κ2) is 7.40. The number of benzene rings is 1. The Morgan fingerprint density at radius 3 is 2.56 bits per heavy atom. The van der Waals surface area contributed by atoms with E-state index in [2.05, 4.69) is 10.6 Å². The Hall–Kier alpha value is -3.49. The zero-order valence-electron chi connectivity index (χ0n) is 13.7. The van der Waals surface area contributed by atoms with Crippen molar-refractivity contribution in [2.45, 2.75) is 12.7 Å². The highest BCUT2D eigenvalue weighted by atomic mass is 19.4. The molecule has 3 rings (SSSR count). The molecule has 0 unspecified atom stereocenters. The van der Waals surface area contributed by atoms with Crippen LogP contribution in [0.1, 0.15) is 11.3 Å². The third kappa shape index (κ3) is 4.57. The topological polar surface area (TPSA) is 84.5 Å². The first-order chi connectivity index (χ1) is 12.8. The van der Waals surface area contributed by atoms with Crippen molar-refractivity contribution in [2.24, 2.45) is 0 Å². The molecule has 3 aromatic rings. The number of carbonyl (C=O) groups excluding carboxylic acids is 2. The number of rotatable bonds is 4. The first kappa shape index (κ1) is 18.3. The first-order valence-corrected chi connectivity index (χ1v) is 7.70. The van der Waals surface area contributed by atoms with E-state index >= 15 is 0 Å². The third-order valence-corrected chi connectivity index (χ3v) is 3.54. The van der Waals surface area contributed by atoms with Gasteiger partial charge >= 0.3 is 18.0 Å². The van der Waals surface area contributed by atoms with Gasteiger partial charge in [-0.05, 0) is 36.4 Å². The summed E-state index contributed by atoms with van der Waals surface area (Å²) in [6.07, 6.45) is -1.57. The number of nitrogens with one attached hydrogen (secondary N) is 2. The summed E-state index contributed by atoms with van der Waals surface area (Å²) in [5.41, 5.74) is -0.344. The normalized spacial score (nSPS) is 11.2. The maximum atomic E-state index is 12.7. The fourth-order valence-electron chi connectivity index (χ4n) is 2.24. The van der Waals surface area contributed by atoms with E-state index in [0.717, 1.165) is 23.8 Å². The van der Waals surface area contributed by atoms with Gasteiger partial charge in [0.1, 0.15) is 17.8 Å². The van der Waals surface area contributed by atoms with E-state index in [0.29, 0.717) is 11.5 Å². The van der Waals surface area contributed by atoms with Gasteiger partial charge in [0.2, 0.25) is 0 Å². The van der Waals surface area contributed by atoms with Crippen LogP contribution in [0.3, 0.4) is 0 Å². The van der Waals surface area contributed by atoms with Crippen LogP contribution in [-0.2, 0) is 22.3 Å². The number of halogens is 3. The van der Waals surface area contributed by atoms with Gasteiger partial charge in [-0.15, -0.1) is 0 Å². The van der Waals surface area contributed by atoms with Crippen LogP contribution < -0.4 is 10.6 Å². The summed E-state index contributed by atoms with van der Waals surface area (Å²) >= 11 is 0. The lowest BCUT2D eigenvalue weighted by Crippen LogP contribution is -2.34. The minimum absolute atomic E-state index is 0.0628. The smallest absolute Gasteiger partial charge is 0.416 e. The van der Waals surface area contributed by atoms with E-state index in [1.54, 1.807) is 18.2 Å². The van der Waals surface area contributed by atoms with E-state index in [1.165, 1.54) is 18.6 Å². The molecular weight excluding hydrogens is 365 g/mol. The van der Waals surface area contributed by atoms with E-state index in [-0.39, 0.29) is 12.2 Å². The molecule has 9 heteroatoms. The van der Waals surface area contributed by atoms with E-state index in [4.69, 9.17) is 8.83 Å². The highest BCUT2D eigenvalue weighted by Gasteiger charge is 2.30. The molecular formula is C18H13F3N2O4. The molecule has 2 heterocycles. The van der Waals surface area contributed by atoms with Crippen molar-refractivity contribution >= 4 is 17.5 Å². The summed E-state index contributed by atoms with van der Waals surface area (Å²) in [7, 11) is 0. The van der Waals surface area contributed by atoms with Crippen molar-refractivity contribution < 1.29 is 31.6 Å². The Bertz CT molecular complexity index is 946. The quantitative estimate of drug-likeness (QED) is 0.676. The Morgan fingerprint density at radius 1 is 1.04 bits per heavy atom. The molecule has 0 saturated heterocycles. The second-order valence-electron chi connectivity index (χ2n) is 5.49. The van der Waals surface area contributed by atoms with Crippen LogP contribution in [0, 0.1) is 0 Å². The van der Waals surface area contributed by atoms with Crippen LogP contribution in [0.4, 0.5) is 18.9 Å². The molecule has 140 valence electrons. The fourth-order valence-corrected chi connectivity index (χ4v) is 2.24. The van der Waals surface area contributed by atoms with Crippen molar-refractivity contribution in [1.29, 1.82) is 0 Å². The summed E-state index contributed by atoms with van der Waals surface area (Å²) in [6.45, 7) is -0.0628. The van der Waals surface area contributed by atoms with Crippen LogP contribution in [0.2, 0.25) is 0 Å². The van der Waals surface area contributed by atoms with Crippen molar-refractivity contribution in [3.8, 4) is 11.3 Å². The van der Waals surface area contributed by atoms with Crippen LogP contribution >= 0.6 is 0 Å². The number of carbonyl (C=O) groups is 2. The monoisotopic (exact) mass is 378 g/mol. The largest absolute Gasteiger partial charge is 0.472 e. The summed E-state index contributed by atoms with van der Waals surface area (Å²) in [6, 6.07) is 8.99. The number of alkyl halides is 3.